The molecular formula is C16H26N2. The van der Waals surface area contributed by atoms with Crippen molar-refractivity contribution in [3.63, 3.8) is 0 Å². The molecule has 0 spiro atoms. The second-order valence-corrected chi connectivity index (χ2v) is 6.27. The smallest absolute Gasteiger partial charge is 0.0650 e. The van der Waals surface area contributed by atoms with E-state index in [1.807, 2.05) is 6.20 Å². The average molecular weight is 246 g/mol. The van der Waals surface area contributed by atoms with E-state index in [4.69, 9.17) is 4.99 Å². The summed E-state index contributed by atoms with van der Waals surface area (Å²) in [5, 5.41) is 0. The lowest BCUT2D eigenvalue weighted by atomic mass is 9.73. The summed E-state index contributed by atoms with van der Waals surface area (Å²) in [5.74, 6) is 2.93. The second-order valence-electron chi connectivity index (χ2n) is 6.27. The first-order valence-electron chi connectivity index (χ1n) is 7.26. The molecule has 0 saturated carbocycles. The SMILES string of the molecule is C[C@@H]1[C@H](C)[C@H](C)C(C2=NC=C[C@@H](C)[C@H]2C)=N[C@@H]1C. The minimum atomic E-state index is 0.419. The van der Waals surface area contributed by atoms with Crippen LogP contribution in [0.15, 0.2) is 22.3 Å². The molecule has 0 N–H and O–H groups in total. The van der Waals surface area contributed by atoms with E-state index in [0.29, 0.717) is 35.6 Å². The number of hydrogen-bond donors (Lipinski definition) is 0. The summed E-state index contributed by atoms with van der Waals surface area (Å²) in [4.78, 5) is 9.59. The highest BCUT2D eigenvalue weighted by atomic mass is 14.9. The van der Waals surface area contributed by atoms with Crippen molar-refractivity contribution in [2.45, 2.75) is 47.6 Å². The van der Waals surface area contributed by atoms with Crippen LogP contribution in [0.5, 0.6) is 0 Å². The topological polar surface area (TPSA) is 24.7 Å². The van der Waals surface area contributed by atoms with Gasteiger partial charge in [0.15, 0.2) is 0 Å². The van der Waals surface area contributed by atoms with Gasteiger partial charge in [-0.05, 0) is 24.7 Å². The van der Waals surface area contributed by atoms with E-state index in [9.17, 15) is 0 Å². The number of aliphatic imine (C=N–C) groups is 2. The van der Waals surface area contributed by atoms with Crippen molar-refractivity contribution in [2.24, 2.45) is 39.6 Å². The van der Waals surface area contributed by atoms with Crippen LogP contribution in [0.1, 0.15) is 41.5 Å². The summed E-state index contributed by atoms with van der Waals surface area (Å²) in [7, 11) is 0. The molecule has 0 aromatic carbocycles. The third-order valence-corrected chi connectivity index (χ3v) is 5.24. The molecule has 2 aliphatic rings. The van der Waals surface area contributed by atoms with Gasteiger partial charge in [-0.15, -0.1) is 0 Å². The molecule has 0 aromatic heterocycles. The molecule has 18 heavy (non-hydrogen) atoms. The zero-order valence-corrected chi connectivity index (χ0v) is 12.5. The summed E-state index contributed by atoms with van der Waals surface area (Å²) in [6, 6.07) is 0.419. The van der Waals surface area contributed by atoms with Crippen molar-refractivity contribution < 1.29 is 0 Å². The molecule has 2 heteroatoms. The minimum Gasteiger partial charge on any atom is -0.284 e. The molecule has 6 atom stereocenters. The molecule has 2 aliphatic heterocycles. The minimum absolute atomic E-state index is 0.419. The quantitative estimate of drug-likeness (QED) is 0.668. The van der Waals surface area contributed by atoms with Crippen LogP contribution in [0, 0.1) is 29.6 Å². The molecule has 0 radical (unpaired) electrons. The Bertz CT molecular complexity index is 405. The summed E-state index contributed by atoms with van der Waals surface area (Å²) in [6.45, 7) is 13.8. The lowest BCUT2D eigenvalue weighted by Gasteiger charge is -2.37. The van der Waals surface area contributed by atoms with E-state index in [2.05, 4.69) is 52.6 Å². The van der Waals surface area contributed by atoms with Crippen molar-refractivity contribution in [1.29, 1.82) is 0 Å². The predicted molar refractivity (Wildman–Crippen MR) is 79.3 cm³/mol. The van der Waals surface area contributed by atoms with Gasteiger partial charge in [0.05, 0.1) is 17.5 Å². The molecule has 2 nitrogen and oxygen atoms in total. The Hall–Kier alpha value is -0.920. The highest BCUT2D eigenvalue weighted by Gasteiger charge is 2.36. The number of nitrogens with zero attached hydrogens (tertiary/aromatic N) is 2. The van der Waals surface area contributed by atoms with Crippen LogP contribution < -0.4 is 0 Å². The Balaban J connectivity index is 2.35. The first kappa shape index (κ1) is 13.5. The van der Waals surface area contributed by atoms with Gasteiger partial charge in [-0.2, -0.15) is 0 Å². The maximum absolute atomic E-state index is 4.96. The van der Waals surface area contributed by atoms with E-state index in [0.717, 1.165) is 0 Å². The van der Waals surface area contributed by atoms with Crippen LogP contribution in [0.3, 0.4) is 0 Å². The monoisotopic (exact) mass is 246 g/mol. The van der Waals surface area contributed by atoms with Crippen molar-refractivity contribution in [3.05, 3.63) is 12.3 Å². The first-order chi connectivity index (χ1) is 8.43. The highest BCUT2D eigenvalue weighted by molar-refractivity contribution is 6.44. The lowest BCUT2D eigenvalue weighted by Crippen LogP contribution is -2.42. The van der Waals surface area contributed by atoms with Crippen LogP contribution in [-0.2, 0) is 0 Å². The van der Waals surface area contributed by atoms with Gasteiger partial charge < -0.3 is 0 Å². The summed E-state index contributed by atoms with van der Waals surface area (Å²) in [5.41, 5.74) is 2.49. The van der Waals surface area contributed by atoms with Crippen LogP contribution in [0.2, 0.25) is 0 Å². The lowest BCUT2D eigenvalue weighted by molar-refractivity contribution is 0.278. The van der Waals surface area contributed by atoms with Crippen LogP contribution >= 0.6 is 0 Å². The molecule has 2 rings (SSSR count). The molecule has 0 fully saturated rings. The van der Waals surface area contributed by atoms with Crippen molar-refractivity contribution in [1.82, 2.24) is 0 Å². The van der Waals surface area contributed by atoms with Gasteiger partial charge in [0.25, 0.3) is 0 Å². The molecule has 0 aliphatic carbocycles. The Kier molecular flexibility index (Phi) is 3.74. The second kappa shape index (κ2) is 4.99. The molecule has 0 bridgehead atoms. The van der Waals surface area contributed by atoms with Crippen LogP contribution in [0.4, 0.5) is 0 Å². The fourth-order valence-corrected chi connectivity index (χ4v) is 2.99. The van der Waals surface area contributed by atoms with Gasteiger partial charge in [0, 0.05) is 18.0 Å². The van der Waals surface area contributed by atoms with Gasteiger partial charge in [0.1, 0.15) is 0 Å². The Morgan fingerprint density at radius 1 is 0.833 bits per heavy atom. The number of hydrogen-bond acceptors (Lipinski definition) is 2. The van der Waals surface area contributed by atoms with E-state index in [-0.39, 0.29) is 0 Å². The van der Waals surface area contributed by atoms with Crippen molar-refractivity contribution in [3.8, 4) is 0 Å². The molecule has 0 unspecified atom stereocenters. The summed E-state index contributed by atoms with van der Waals surface area (Å²) >= 11 is 0. The van der Waals surface area contributed by atoms with Crippen molar-refractivity contribution in [2.75, 3.05) is 0 Å². The highest BCUT2D eigenvalue weighted by Crippen LogP contribution is 2.33. The molecule has 0 aromatic rings. The van der Waals surface area contributed by atoms with Crippen LogP contribution in [-0.4, -0.2) is 17.5 Å². The van der Waals surface area contributed by atoms with Crippen molar-refractivity contribution >= 4 is 11.4 Å². The normalized spacial score (nSPS) is 44.6. The fraction of sp³-hybridized carbons (Fsp3) is 0.750. The summed E-state index contributed by atoms with van der Waals surface area (Å²) < 4.78 is 0. The third-order valence-electron chi connectivity index (χ3n) is 5.24. The maximum atomic E-state index is 4.96. The predicted octanol–water partition coefficient (Wildman–Crippen LogP) is 3.98. The van der Waals surface area contributed by atoms with Crippen LogP contribution in [0.25, 0.3) is 0 Å². The molecule has 0 saturated heterocycles. The first-order valence-corrected chi connectivity index (χ1v) is 7.26. The molecule has 100 valence electrons. The van der Waals surface area contributed by atoms with Gasteiger partial charge in [-0.25, -0.2) is 0 Å². The average Bonchev–Trinajstić information content (AvgIpc) is 2.35. The van der Waals surface area contributed by atoms with Gasteiger partial charge >= 0.3 is 0 Å². The Morgan fingerprint density at radius 3 is 2.17 bits per heavy atom. The molecular weight excluding hydrogens is 220 g/mol. The maximum Gasteiger partial charge on any atom is 0.0650 e. The van der Waals surface area contributed by atoms with Gasteiger partial charge in [0.2, 0.25) is 0 Å². The third kappa shape index (κ3) is 2.17. The van der Waals surface area contributed by atoms with Gasteiger partial charge in [-0.1, -0.05) is 40.7 Å². The van der Waals surface area contributed by atoms with E-state index in [1.54, 1.807) is 0 Å². The van der Waals surface area contributed by atoms with E-state index < -0.39 is 0 Å². The van der Waals surface area contributed by atoms with E-state index >= 15 is 0 Å². The molecule has 2 heterocycles. The zero-order valence-electron chi connectivity index (χ0n) is 12.5. The Labute approximate surface area is 111 Å². The fourth-order valence-electron chi connectivity index (χ4n) is 2.99. The standard InChI is InChI=1S/C16H26N2/c1-9-7-8-17-15(10(9)2)16-13(5)11(3)12(4)14(6)18-16/h7-14H,1-6H3/t9-,10-,11+,12-,13+,14-/m1/s1. The van der Waals surface area contributed by atoms with E-state index in [1.165, 1.54) is 11.4 Å². The Morgan fingerprint density at radius 2 is 1.50 bits per heavy atom. The largest absolute Gasteiger partial charge is 0.284 e. The zero-order chi connectivity index (χ0) is 13.4. The number of rotatable bonds is 1. The number of allylic oxidation sites excluding steroid dienone is 1. The summed E-state index contributed by atoms with van der Waals surface area (Å²) in [6.07, 6.45) is 4.15. The molecule has 0 amide bonds. The van der Waals surface area contributed by atoms with Gasteiger partial charge in [-0.3, -0.25) is 9.98 Å².